The summed E-state index contributed by atoms with van der Waals surface area (Å²) in [4.78, 5) is 61.3. The van der Waals surface area contributed by atoms with Gasteiger partial charge in [-0.1, -0.05) is 24.3 Å². The summed E-state index contributed by atoms with van der Waals surface area (Å²) in [6, 6.07) is 16.0. The Balaban J connectivity index is 1.44. The van der Waals surface area contributed by atoms with E-state index in [1.54, 1.807) is 24.3 Å². The largest absolute Gasteiger partial charge is 0.449 e. The number of rotatable bonds is 5. The third kappa shape index (κ3) is 4.40. The number of carbonyl (C=O) groups is 5. The molecule has 1 aliphatic rings. The van der Waals surface area contributed by atoms with E-state index in [4.69, 9.17) is 10.5 Å². The molecule has 0 spiro atoms. The summed E-state index contributed by atoms with van der Waals surface area (Å²) >= 11 is 0. The molecule has 0 radical (unpaired) electrons. The number of fused-ring (bicyclic) bond motifs is 2. The average molecular weight is 457 g/mol. The molecule has 9 heteroatoms. The third-order valence-electron chi connectivity index (χ3n) is 5.23. The number of nitrogens with one attached hydrogen (secondary N) is 2. The topological polar surface area (TPSA) is 145 Å². The van der Waals surface area contributed by atoms with Crippen LogP contribution < -0.4 is 16.4 Å². The van der Waals surface area contributed by atoms with E-state index in [0.29, 0.717) is 16.8 Å². The van der Waals surface area contributed by atoms with Gasteiger partial charge in [-0.15, -0.1) is 0 Å². The molecule has 9 nitrogen and oxygen atoms in total. The highest BCUT2D eigenvalue weighted by Crippen LogP contribution is 2.29. The highest BCUT2D eigenvalue weighted by molar-refractivity contribution is 6.28. The predicted molar refractivity (Wildman–Crippen MR) is 123 cm³/mol. The Bertz CT molecular complexity index is 1350. The van der Waals surface area contributed by atoms with E-state index in [1.807, 2.05) is 0 Å². The minimum Gasteiger partial charge on any atom is -0.449 e. The molecule has 0 saturated heterocycles. The number of ether oxygens (including phenoxy) is 1. The molecule has 3 amide bonds. The standard InChI is InChI=1S/C25H19N3O6/c1-13(34-24(32)14-6-8-15(9-7-14)28-25(26)33)23(31)27-16-10-11-19-20(12-16)22(30)18-5-3-2-4-17(18)21(19)29/h2-13H,1H3,(H,27,31)(H3,26,28,33). The number of benzene rings is 3. The van der Waals surface area contributed by atoms with Gasteiger partial charge in [-0.25, -0.2) is 9.59 Å². The summed E-state index contributed by atoms with van der Waals surface area (Å²) in [7, 11) is 0. The first-order valence-corrected chi connectivity index (χ1v) is 10.3. The van der Waals surface area contributed by atoms with Gasteiger partial charge in [0.2, 0.25) is 0 Å². The highest BCUT2D eigenvalue weighted by atomic mass is 16.5. The van der Waals surface area contributed by atoms with Crippen LogP contribution in [0.1, 0.15) is 49.1 Å². The van der Waals surface area contributed by atoms with Crippen LogP contribution >= 0.6 is 0 Å². The van der Waals surface area contributed by atoms with Crippen LogP contribution in [0.15, 0.2) is 66.7 Å². The molecule has 0 fully saturated rings. The normalized spacial score (nSPS) is 12.7. The Labute approximate surface area is 193 Å². The number of hydrogen-bond acceptors (Lipinski definition) is 6. The molecule has 4 rings (SSSR count). The van der Waals surface area contributed by atoms with Crippen molar-refractivity contribution in [3.8, 4) is 0 Å². The molecule has 0 heterocycles. The van der Waals surface area contributed by atoms with Crippen LogP contribution in [-0.2, 0) is 9.53 Å². The van der Waals surface area contributed by atoms with Gasteiger partial charge < -0.3 is 21.1 Å². The Hall–Kier alpha value is -4.79. The van der Waals surface area contributed by atoms with Crippen molar-refractivity contribution in [2.75, 3.05) is 10.6 Å². The summed E-state index contributed by atoms with van der Waals surface area (Å²) in [6.45, 7) is 1.40. The number of esters is 1. The number of ketones is 2. The summed E-state index contributed by atoms with van der Waals surface area (Å²) in [5.41, 5.74) is 7.00. The maximum Gasteiger partial charge on any atom is 0.338 e. The maximum atomic E-state index is 12.8. The van der Waals surface area contributed by atoms with Crippen LogP contribution in [0.3, 0.4) is 0 Å². The second-order valence-electron chi connectivity index (χ2n) is 7.57. The molecule has 0 aliphatic heterocycles. The van der Waals surface area contributed by atoms with Gasteiger partial charge in [-0.2, -0.15) is 0 Å². The van der Waals surface area contributed by atoms with Crippen molar-refractivity contribution in [1.82, 2.24) is 0 Å². The number of carbonyl (C=O) groups excluding carboxylic acids is 5. The first-order chi connectivity index (χ1) is 16.2. The minimum absolute atomic E-state index is 0.172. The molecule has 3 aromatic carbocycles. The second-order valence-corrected chi connectivity index (χ2v) is 7.57. The van der Waals surface area contributed by atoms with Crippen molar-refractivity contribution in [1.29, 1.82) is 0 Å². The fraction of sp³-hybridized carbons (Fsp3) is 0.0800. The lowest BCUT2D eigenvalue weighted by Crippen LogP contribution is -2.30. The molecule has 4 N–H and O–H groups in total. The molecule has 1 aliphatic carbocycles. The van der Waals surface area contributed by atoms with Crippen molar-refractivity contribution in [3.63, 3.8) is 0 Å². The Morgan fingerprint density at radius 3 is 1.94 bits per heavy atom. The zero-order valence-corrected chi connectivity index (χ0v) is 18.0. The zero-order valence-electron chi connectivity index (χ0n) is 18.0. The predicted octanol–water partition coefficient (Wildman–Crippen LogP) is 3.14. The van der Waals surface area contributed by atoms with E-state index in [9.17, 15) is 24.0 Å². The quantitative estimate of drug-likeness (QED) is 0.393. The van der Waals surface area contributed by atoms with Gasteiger partial charge in [0.25, 0.3) is 5.91 Å². The molecule has 34 heavy (non-hydrogen) atoms. The lowest BCUT2D eigenvalue weighted by molar-refractivity contribution is -0.123. The van der Waals surface area contributed by atoms with Gasteiger partial charge in [0.15, 0.2) is 17.7 Å². The van der Waals surface area contributed by atoms with Crippen molar-refractivity contribution < 1.29 is 28.7 Å². The lowest BCUT2D eigenvalue weighted by atomic mass is 9.84. The monoisotopic (exact) mass is 457 g/mol. The third-order valence-corrected chi connectivity index (χ3v) is 5.23. The summed E-state index contributed by atoms with van der Waals surface area (Å²) in [5, 5.41) is 4.97. The SMILES string of the molecule is CC(OC(=O)c1ccc(NC(N)=O)cc1)C(=O)Nc1ccc2c(c1)C(=O)c1ccccc1C2=O. The number of amides is 3. The summed E-state index contributed by atoms with van der Waals surface area (Å²) in [6.07, 6.45) is -1.15. The van der Waals surface area contributed by atoms with Crippen LogP contribution in [0.2, 0.25) is 0 Å². The molecular weight excluding hydrogens is 438 g/mol. The number of primary amides is 1. The molecule has 3 aromatic rings. The van der Waals surface area contributed by atoms with Crippen molar-refractivity contribution in [2.24, 2.45) is 5.73 Å². The molecular formula is C25H19N3O6. The highest BCUT2D eigenvalue weighted by Gasteiger charge is 2.29. The average Bonchev–Trinajstić information content (AvgIpc) is 2.82. The summed E-state index contributed by atoms with van der Waals surface area (Å²) < 4.78 is 5.20. The molecule has 1 atom stereocenters. The summed E-state index contributed by atoms with van der Waals surface area (Å²) in [5.74, 6) is -1.93. The molecule has 1 unspecified atom stereocenters. The second kappa shape index (κ2) is 8.99. The van der Waals surface area contributed by atoms with Gasteiger partial charge >= 0.3 is 12.0 Å². The van der Waals surface area contributed by atoms with Gasteiger partial charge in [-0.05, 0) is 49.4 Å². The fourth-order valence-electron chi connectivity index (χ4n) is 3.54. The molecule has 0 aromatic heterocycles. The molecule has 0 saturated carbocycles. The van der Waals surface area contributed by atoms with E-state index in [1.165, 1.54) is 49.4 Å². The van der Waals surface area contributed by atoms with Crippen molar-refractivity contribution in [3.05, 3.63) is 94.5 Å². The molecule has 170 valence electrons. The minimum atomic E-state index is -1.15. The van der Waals surface area contributed by atoms with E-state index in [2.05, 4.69) is 10.6 Å². The van der Waals surface area contributed by atoms with E-state index >= 15 is 0 Å². The smallest absolute Gasteiger partial charge is 0.338 e. The zero-order chi connectivity index (χ0) is 24.4. The lowest BCUT2D eigenvalue weighted by Gasteiger charge is -2.19. The first-order valence-electron chi connectivity index (χ1n) is 10.3. The van der Waals surface area contributed by atoms with Crippen molar-refractivity contribution in [2.45, 2.75) is 13.0 Å². The number of urea groups is 1. The van der Waals surface area contributed by atoms with Crippen LogP contribution in [0.5, 0.6) is 0 Å². The van der Waals surface area contributed by atoms with Crippen LogP contribution in [-0.4, -0.2) is 35.6 Å². The van der Waals surface area contributed by atoms with E-state index in [0.717, 1.165) is 0 Å². The van der Waals surface area contributed by atoms with E-state index < -0.39 is 24.0 Å². The van der Waals surface area contributed by atoms with Gasteiger partial charge in [0.1, 0.15) is 0 Å². The van der Waals surface area contributed by atoms with E-state index in [-0.39, 0.29) is 33.9 Å². The Morgan fingerprint density at radius 2 is 1.32 bits per heavy atom. The van der Waals surface area contributed by atoms with Crippen LogP contribution in [0.25, 0.3) is 0 Å². The first kappa shape index (κ1) is 22.4. The van der Waals surface area contributed by atoms with Crippen molar-refractivity contribution >= 4 is 40.8 Å². The van der Waals surface area contributed by atoms with Gasteiger partial charge in [0, 0.05) is 33.6 Å². The van der Waals surface area contributed by atoms with Crippen LogP contribution in [0, 0.1) is 0 Å². The Kier molecular flexibility index (Phi) is 5.92. The fourth-order valence-corrected chi connectivity index (χ4v) is 3.54. The Morgan fingerprint density at radius 1 is 0.765 bits per heavy atom. The number of anilines is 2. The van der Waals surface area contributed by atoms with Gasteiger partial charge in [0.05, 0.1) is 5.56 Å². The van der Waals surface area contributed by atoms with Gasteiger partial charge in [-0.3, -0.25) is 14.4 Å². The van der Waals surface area contributed by atoms with Crippen LogP contribution in [0.4, 0.5) is 16.2 Å². The molecule has 0 bridgehead atoms. The number of nitrogens with two attached hydrogens (primary N) is 1. The maximum absolute atomic E-state index is 12.8. The number of hydrogen-bond donors (Lipinski definition) is 3.